The molecule has 0 aliphatic carbocycles. The first-order valence-corrected chi connectivity index (χ1v) is 8.62. The van der Waals surface area contributed by atoms with Crippen LogP contribution < -0.4 is 0 Å². The van der Waals surface area contributed by atoms with Gasteiger partial charge >= 0.3 is 0 Å². The first-order chi connectivity index (χ1) is 10.8. The van der Waals surface area contributed by atoms with E-state index in [4.69, 9.17) is 28.6 Å². The highest BCUT2D eigenvalue weighted by Crippen LogP contribution is 2.41. The molecule has 1 fully saturated rings. The highest BCUT2D eigenvalue weighted by atomic mass is 35.5. The van der Waals surface area contributed by atoms with Crippen molar-refractivity contribution in [1.82, 2.24) is 9.88 Å². The zero-order chi connectivity index (χ0) is 16.8. The van der Waals surface area contributed by atoms with Crippen LogP contribution in [0.15, 0.2) is 24.4 Å². The van der Waals surface area contributed by atoms with Crippen LogP contribution in [-0.2, 0) is 10.2 Å². The summed E-state index contributed by atoms with van der Waals surface area (Å²) >= 11 is 13.6. The predicted molar refractivity (Wildman–Crippen MR) is 94.7 cm³/mol. The van der Waals surface area contributed by atoms with Crippen molar-refractivity contribution in [2.75, 3.05) is 7.05 Å². The monoisotopic (exact) mass is 367 g/mol. The lowest BCUT2D eigenvalue weighted by atomic mass is 9.80. The Morgan fingerprint density at radius 2 is 1.91 bits per heavy atom. The Balaban J connectivity index is 1.95. The second-order valence-electron chi connectivity index (χ2n) is 6.00. The molecule has 1 N–H and O–H groups in total. The number of hydrogen-bond acceptors (Lipinski definition) is 4. The van der Waals surface area contributed by atoms with Gasteiger partial charge in [-0.25, -0.2) is 4.98 Å². The van der Waals surface area contributed by atoms with Crippen LogP contribution in [0.25, 0.3) is 10.4 Å². The molecule has 7 heteroatoms. The van der Waals surface area contributed by atoms with Gasteiger partial charge in [0, 0.05) is 41.5 Å². The van der Waals surface area contributed by atoms with E-state index in [1.54, 1.807) is 19.3 Å². The molecule has 120 valence electrons. The molecule has 1 atom stereocenters. The molecule has 0 saturated carbocycles. The van der Waals surface area contributed by atoms with Crippen molar-refractivity contribution in [2.24, 2.45) is 0 Å². The molecule has 0 radical (unpaired) electrons. The lowest BCUT2D eigenvalue weighted by molar-refractivity contribution is -0.128. The van der Waals surface area contributed by atoms with Crippen LogP contribution in [0.1, 0.15) is 24.8 Å². The van der Waals surface area contributed by atoms with Gasteiger partial charge in [-0.1, -0.05) is 30.1 Å². The highest BCUT2D eigenvalue weighted by molar-refractivity contribution is 7.15. The molecule has 2 heterocycles. The smallest absolute Gasteiger partial charge is 0.228 e. The maximum absolute atomic E-state index is 12.1. The molecule has 1 aromatic carbocycles. The van der Waals surface area contributed by atoms with E-state index < -0.39 is 5.41 Å². The number of aromatic nitrogens is 1. The van der Waals surface area contributed by atoms with Gasteiger partial charge in [0.1, 0.15) is 5.84 Å². The molecule has 1 aliphatic heterocycles. The van der Waals surface area contributed by atoms with Crippen LogP contribution in [0, 0.1) is 5.41 Å². The third-order valence-electron chi connectivity index (χ3n) is 4.05. The van der Waals surface area contributed by atoms with Crippen LogP contribution in [0.4, 0.5) is 0 Å². The number of amides is 1. The largest absolute Gasteiger partial charge is 0.304 e. The fraction of sp³-hybridized carbons (Fsp3) is 0.312. The molecular weight excluding hydrogens is 353 g/mol. The number of nitrogens with zero attached hydrogens (tertiary/aromatic N) is 2. The number of benzene rings is 1. The van der Waals surface area contributed by atoms with E-state index in [1.165, 1.54) is 16.2 Å². The average Bonchev–Trinajstić information content (AvgIpc) is 2.94. The summed E-state index contributed by atoms with van der Waals surface area (Å²) in [5.74, 6) is 0.276. The molecule has 23 heavy (non-hydrogen) atoms. The second-order valence-corrected chi connectivity index (χ2v) is 7.90. The Hall–Kier alpha value is -1.43. The number of hydrogen-bond donors (Lipinski definition) is 1. The number of amidine groups is 1. The van der Waals surface area contributed by atoms with E-state index >= 15 is 0 Å². The summed E-state index contributed by atoms with van der Waals surface area (Å²) in [7, 11) is 1.64. The Morgan fingerprint density at radius 1 is 1.26 bits per heavy atom. The van der Waals surface area contributed by atoms with Gasteiger partial charge in [-0.2, -0.15) is 0 Å². The van der Waals surface area contributed by atoms with Crippen molar-refractivity contribution in [3.05, 3.63) is 39.4 Å². The highest BCUT2D eigenvalue weighted by Gasteiger charge is 2.40. The molecular formula is C16H15Cl2N3OS. The lowest BCUT2D eigenvalue weighted by Gasteiger charge is -2.36. The van der Waals surface area contributed by atoms with Crippen molar-refractivity contribution >= 4 is 46.3 Å². The summed E-state index contributed by atoms with van der Waals surface area (Å²) in [5, 5.41) is 10.0. The molecule has 4 nitrogen and oxygen atoms in total. The van der Waals surface area contributed by atoms with Crippen LogP contribution in [0.3, 0.4) is 0 Å². The van der Waals surface area contributed by atoms with Crippen molar-refractivity contribution in [3.8, 4) is 10.4 Å². The minimum atomic E-state index is -0.439. The van der Waals surface area contributed by atoms with E-state index in [9.17, 15) is 4.79 Å². The summed E-state index contributed by atoms with van der Waals surface area (Å²) in [4.78, 5) is 19.0. The molecule has 1 saturated heterocycles. The molecule has 1 amide bonds. The average molecular weight is 368 g/mol. The molecule has 0 unspecified atom stereocenters. The van der Waals surface area contributed by atoms with Gasteiger partial charge < -0.3 is 4.90 Å². The summed E-state index contributed by atoms with van der Waals surface area (Å²) in [5.41, 5.74) is 0.468. The van der Waals surface area contributed by atoms with E-state index in [2.05, 4.69) is 4.98 Å². The third-order valence-corrected chi connectivity index (χ3v) is 5.84. The summed E-state index contributed by atoms with van der Waals surface area (Å²) in [6.07, 6.45) is 2.63. The SMILES string of the molecule is CN1C(=N)C[C@](C)(c2ncc(-c3cc(Cl)cc(Cl)c3)s2)CC1=O. The van der Waals surface area contributed by atoms with Crippen molar-refractivity contribution in [3.63, 3.8) is 0 Å². The van der Waals surface area contributed by atoms with E-state index in [0.29, 0.717) is 28.7 Å². The van der Waals surface area contributed by atoms with Gasteiger partial charge in [0.2, 0.25) is 5.91 Å². The Kier molecular flexibility index (Phi) is 4.21. The maximum Gasteiger partial charge on any atom is 0.228 e. The van der Waals surface area contributed by atoms with Crippen molar-refractivity contribution in [1.29, 1.82) is 5.41 Å². The predicted octanol–water partition coefficient (Wildman–Crippen LogP) is 4.60. The third kappa shape index (κ3) is 3.13. The molecule has 1 aliphatic rings. The lowest BCUT2D eigenvalue weighted by Crippen LogP contribution is -2.46. The van der Waals surface area contributed by atoms with Gasteiger partial charge in [0.15, 0.2) is 0 Å². The minimum absolute atomic E-state index is 0.0497. The fourth-order valence-corrected chi connectivity index (χ4v) is 4.26. The summed E-state index contributed by atoms with van der Waals surface area (Å²) in [6.45, 7) is 1.99. The van der Waals surface area contributed by atoms with E-state index in [0.717, 1.165) is 15.4 Å². The normalized spacial score (nSPS) is 21.8. The fourth-order valence-electron chi connectivity index (χ4n) is 2.69. The number of thiazole rings is 1. The zero-order valence-electron chi connectivity index (χ0n) is 12.7. The van der Waals surface area contributed by atoms with Crippen LogP contribution in [0.5, 0.6) is 0 Å². The van der Waals surface area contributed by atoms with Crippen LogP contribution in [0.2, 0.25) is 10.0 Å². The zero-order valence-corrected chi connectivity index (χ0v) is 15.0. The maximum atomic E-state index is 12.1. The number of piperidine rings is 1. The van der Waals surface area contributed by atoms with Crippen molar-refractivity contribution < 1.29 is 4.79 Å². The Morgan fingerprint density at radius 3 is 2.52 bits per heavy atom. The first-order valence-electron chi connectivity index (χ1n) is 7.05. The van der Waals surface area contributed by atoms with E-state index in [1.807, 2.05) is 19.1 Å². The van der Waals surface area contributed by atoms with Gasteiger partial charge in [-0.05, 0) is 23.8 Å². The number of likely N-dealkylation sites (tertiary alicyclic amines) is 1. The number of rotatable bonds is 2. The molecule has 3 rings (SSSR count). The standard InChI is InChI=1S/C16H15Cl2N3OS/c1-16(6-13(19)21(2)14(22)7-16)15-20-8-12(23-15)9-3-10(17)5-11(18)4-9/h3-5,8,19H,6-7H2,1-2H3/t16-/m0/s1. The molecule has 2 aromatic rings. The molecule has 0 spiro atoms. The van der Waals surface area contributed by atoms with Crippen LogP contribution >= 0.6 is 34.5 Å². The summed E-state index contributed by atoms with van der Waals surface area (Å²) < 4.78 is 0. The van der Waals surface area contributed by atoms with Crippen LogP contribution in [-0.4, -0.2) is 28.7 Å². The number of nitrogens with one attached hydrogen (secondary N) is 1. The second kappa shape index (κ2) is 5.89. The molecule has 1 aromatic heterocycles. The first kappa shape index (κ1) is 16.4. The van der Waals surface area contributed by atoms with Gasteiger partial charge in [-0.3, -0.25) is 10.2 Å². The number of carbonyl (C=O) groups excluding carboxylic acids is 1. The summed E-state index contributed by atoms with van der Waals surface area (Å²) in [6, 6.07) is 5.37. The Labute approximate surface area is 148 Å². The quantitative estimate of drug-likeness (QED) is 0.842. The van der Waals surface area contributed by atoms with Gasteiger partial charge in [0.05, 0.1) is 9.88 Å². The van der Waals surface area contributed by atoms with E-state index in [-0.39, 0.29) is 5.91 Å². The minimum Gasteiger partial charge on any atom is -0.304 e. The van der Waals surface area contributed by atoms with Crippen molar-refractivity contribution in [2.45, 2.75) is 25.2 Å². The van der Waals surface area contributed by atoms with Gasteiger partial charge in [-0.15, -0.1) is 11.3 Å². The topological polar surface area (TPSA) is 57.1 Å². The number of carbonyl (C=O) groups is 1. The molecule has 0 bridgehead atoms. The number of halogens is 2. The Bertz CT molecular complexity index is 764. The van der Waals surface area contributed by atoms with Gasteiger partial charge in [0.25, 0.3) is 0 Å².